The van der Waals surface area contributed by atoms with Crippen LogP contribution in [0, 0.1) is 30.1 Å². The van der Waals surface area contributed by atoms with Gasteiger partial charge in [0.05, 0.1) is 17.1 Å². The predicted octanol–water partition coefficient (Wildman–Crippen LogP) is 5.28. The second kappa shape index (κ2) is 10.8. The van der Waals surface area contributed by atoms with Crippen LogP contribution < -0.4 is 0 Å². The van der Waals surface area contributed by atoms with Crippen LogP contribution in [0.2, 0.25) is 0 Å². The smallest absolute Gasteiger partial charge is 0.324 e. The monoisotopic (exact) mass is 530 g/mol. The molecule has 1 unspecified atom stereocenters. The van der Waals surface area contributed by atoms with E-state index in [1.807, 2.05) is 6.92 Å². The van der Waals surface area contributed by atoms with E-state index in [9.17, 15) is 18.0 Å². The lowest BCUT2D eigenvalue weighted by Gasteiger charge is -2.56. The first kappa shape index (κ1) is 27.7. The molecule has 7 nitrogen and oxygen atoms in total. The Balaban J connectivity index is 1.48. The van der Waals surface area contributed by atoms with Gasteiger partial charge in [0.2, 0.25) is 0 Å². The quantitative estimate of drug-likeness (QED) is 0.0958. The van der Waals surface area contributed by atoms with Crippen molar-refractivity contribution < 1.29 is 31.7 Å². The van der Waals surface area contributed by atoms with Gasteiger partial charge in [-0.3, -0.25) is 13.8 Å². The van der Waals surface area contributed by atoms with E-state index in [1.54, 1.807) is 44.2 Å². The van der Waals surface area contributed by atoms with E-state index in [0.717, 1.165) is 24.8 Å². The molecule has 4 bridgehead atoms. The summed E-state index contributed by atoms with van der Waals surface area (Å²) in [4.78, 5) is 26.8. The van der Waals surface area contributed by atoms with Gasteiger partial charge < -0.3 is 9.47 Å². The van der Waals surface area contributed by atoms with Crippen molar-refractivity contribution in [2.75, 3.05) is 13.4 Å². The van der Waals surface area contributed by atoms with Gasteiger partial charge in [-0.25, -0.2) is 0 Å². The van der Waals surface area contributed by atoms with E-state index >= 15 is 0 Å². The number of ketones is 1. The zero-order valence-electron chi connectivity index (χ0n) is 22.2. The lowest BCUT2D eigenvalue weighted by Crippen LogP contribution is -2.52. The van der Waals surface area contributed by atoms with Crippen LogP contribution in [0.5, 0.6) is 0 Å². The zero-order chi connectivity index (χ0) is 26.8. The van der Waals surface area contributed by atoms with Gasteiger partial charge >= 0.3 is 5.97 Å². The van der Waals surface area contributed by atoms with E-state index in [0.29, 0.717) is 17.8 Å². The summed E-state index contributed by atoms with van der Waals surface area (Å²) in [6.07, 6.45) is 11.6. The molecule has 0 spiro atoms. The third kappa shape index (κ3) is 5.91. The molecule has 1 aromatic carbocycles. The Kier molecular flexibility index (Phi) is 8.12. The molecule has 0 heterocycles. The number of benzene rings is 1. The molecule has 5 rings (SSSR count). The van der Waals surface area contributed by atoms with Crippen molar-refractivity contribution in [3.05, 3.63) is 53.6 Å². The molecule has 37 heavy (non-hydrogen) atoms. The number of hydrogen-bond donors (Lipinski definition) is 0. The average molecular weight is 531 g/mol. The number of carbonyl (C=O) groups excluding carboxylic acids is 2. The summed E-state index contributed by atoms with van der Waals surface area (Å²) in [5, 5.41) is 0. The first-order chi connectivity index (χ1) is 17.5. The van der Waals surface area contributed by atoms with Gasteiger partial charge in [-0.2, -0.15) is 8.42 Å². The summed E-state index contributed by atoms with van der Waals surface area (Å²) in [6, 6.07) is 6.17. The van der Waals surface area contributed by atoms with Gasteiger partial charge in [-0.15, -0.1) is 0 Å². The molecule has 8 heteroatoms. The highest BCUT2D eigenvalue weighted by atomic mass is 32.2. The van der Waals surface area contributed by atoms with Crippen molar-refractivity contribution in [1.29, 1.82) is 0 Å². The highest BCUT2D eigenvalue weighted by molar-refractivity contribution is 7.86. The standard InChI is InChI=1S/C29H38O7S/c1-5-7-24(6-2)26(30)28(4,18-36-37(32,33)25-10-8-20(3)9-11-25)27(31)34-19-35-29-15-21-12-22(16-29)14-23(13-21)17-29/h5-11,21-23H,12-19H2,1-4H3. The van der Waals surface area contributed by atoms with E-state index < -0.39 is 33.9 Å². The van der Waals surface area contributed by atoms with Gasteiger partial charge in [-0.1, -0.05) is 35.9 Å². The fraction of sp³-hybridized carbons (Fsp3) is 0.586. The van der Waals surface area contributed by atoms with Crippen molar-refractivity contribution in [2.45, 2.75) is 76.7 Å². The van der Waals surface area contributed by atoms with Gasteiger partial charge in [0.25, 0.3) is 10.1 Å². The summed E-state index contributed by atoms with van der Waals surface area (Å²) < 4.78 is 42.7. The second-order valence-electron chi connectivity index (χ2n) is 11.2. The Hall–Kier alpha value is -2.29. The number of ether oxygens (including phenoxy) is 2. The van der Waals surface area contributed by atoms with Crippen LogP contribution >= 0.6 is 0 Å². The van der Waals surface area contributed by atoms with Gasteiger partial charge in [-0.05, 0) is 96.1 Å². The third-order valence-corrected chi connectivity index (χ3v) is 9.50. The second-order valence-corrected chi connectivity index (χ2v) is 12.8. The molecule has 1 atom stereocenters. The van der Waals surface area contributed by atoms with Crippen LogP contribution in [0.15, 0.2) is 53.0 Å². The molecule has 202 valence electrons. The summed E-state index contributed by atoms with van der Waals surface area (Å²) in [6.45, 7) is 5.68. The third-order valence-electron chi connectivity index (χ3n) is 8.22. The molecular formula is C29H38O7S. The number of allylic oxidation sites excluding steroid dienone is 4. The number of aryl methyl sites for hydroxylation is 1. The summed E-state index contributed by atoms with van der Waals surface area (Å²) in [5.74, 6) is 0.573. The van der Waals surface area contributed by atoms with E-state index in [-0.39, 0.29) is 22.9 Å². The van der Waals surface area contributed by atoms with Crippen molar-refractivity contribution in [3.63, 3.8) is 0 Å². The zero-order valence-corrected chi connectivity index (χ0v) is 23.0. The lowest BCUT2D eigenvalue weighted by molar-refractivity contribution is -0.215. The maximum Gasteiger partial charge on any atom is 0.324 e. The molecule has 4 aliphatic carbocycles. The molecule has 0 N–H and O–H groups in total. The van der Waals surface area contributed by atoms with Crippen LogP contribution in [0.3, 0.4) is 0 Å². The molecule has 4 aliphatic rings. The maximum atomic E-state index is 13.5. The largest absolute Gasteiger partial charge is 0.438 e. The molecule has 0 aromatic heterocycles. The van der Waals surface area contributed by atoms with Crippen LogP contribution in [0.4, 0.5) is 0 Å². The number of rotatable bonds is 11. The van der Waals surface area contributed by atoms with Gasteiger partial charge in [0.1, 0.15) is 0 Å². The first-order valence-corrected chi connectivity index (χ1v) is 14.5. The summed E-state index contributed by atoms with van der Waals surface area (Å²) in [7, 11) is -4.20. The minimum atomic E-state index is -4.20. The van der Waals surface area contributed by atoms with Crippen molar-refractivity contribution in [2.24, 2.45) is 23.2 Å². The Labute approximate surface area is 220 Å². The Morgan fingerprint density at radius 3 is 2.11 bits per heavy atom. The Bertz CT molecular complexity index is 1140. The fourth-order valence-corrected chi connectivity index (χ4v) is 7.56. The SMILES string of the molecule is CC=CC(=CC)C(=O)C(C)(COS(=O)(=O)c1ccc(C)cc1)C(=O)OCOC12CC3CC(CC(C3)C1)C2. The molecular weight excluding hydrogens is 492 g/mol. The highest BCUT2D eigenvalue weighted by Crippen LogP contribution is 2.57. The minimum Gasteiger partial charge on any atom is -0.438 e. The van der Waals surface area contributed by atoms with Gasteiger partial charge in [0.15, 0.2) is 18.0 Å². The van der Waals surface area contributed by atoms with Crippen LogP contribution in [0.25, 0.3) is 0 Å². The van der Waals surface area contributed by atoms with Crippen LogP contribution in [-0.2, 0) is 33.4 Å². The first-order valence-electron chi connectivity index (χ1n) is 13.1. The average Bonchev–Trinajstić information content (AvgIpc) is 2.84. The van der Waals surface area contributed by atoms with Crippen molar-refractivity contribution >= 4 is 21.9 Å². The molecule has 1 aromatic rings. The topological polar surface area (TPSA) is 96.0 Å². The normalized spacial score (nSPS) is 28.9. The predicted molar refractivity (Wildman–Crippen MR) is 139 cm³/mol. The fourth-order valence-electron chi connectivity index (χ4n) is 6.56. The molecule has 0 saturated heterocycles. The number of esters is 1. The Morgan fingerprint density at radius 1 is 1.03 bits per heavy atom. The molecule has 4 saturated carbocycles. The molecule has 0 aliphatic heterocycles. The highest BCUT2D eigenvalue weighted by Gasteiger charge is 2.52. The van der Waals surface area contributed by atoms with E-state index in [2.05, 4.69) is 0 Å². The van der Waals surface area contributed by atoms with Crippen LogP contribution in [-0.4, -0.2) is 39.2 Å². The number of carbonyl (C=O) groups is 2. The molecule has 0 radical (unpaired) electrons. The lowest BCUT2D eigenvalue weighted by atomic mass is 9.54. The molecule has 4 fully saturated rings. The van der Waals surface area contributed by atoms with E-state index in [1.165, 1.54) is 38.3 Å². The Morgan fingerprint density at radius 2 is 1.59 bits per heavy atom. The van der Waals surface area contributed by atoms with Gasteiger partial charge in [0, 0.05) is 5.57 Å². The summed E-state index contributed by atoms with van der Waals surface area (Å²) >= 11 is 0. The van der Waals surface area contributed by atoms with Crippen LogP contribution in [0.1, 0.15) is 64.9 Å². The van der Waals surface area contributed by atoms with E-state index in [4.69, 9.17) is 13.7 Å². The summed E-state index contributed by atoms with van der Waals surface area (Å²) in [5.41, 5.74) is -0.990. The van der Waals surface area contributed by atoms with Crippen molar-refractivity contribution in [1.82, 2.24) is 0 Å². The molecule has 0 amide bonds. The number of hydrogen-bond acceptors (Lipinski definition) is 7. The maximum absolute atomic E-state index is 13.5. The van der Waals surface area contributed by atoms with Crippen molar-refractivity contribution in [3.8, 4) is 0 Å². The minimum absolute atomic E-state index is 0.0499. The number of Topliss-reactive ketones (excluding diaryl/α,β-unsaturated/α-hetero) is 1.